The highest BCUT2D eigenvalue weighted by Crippen LogP contribution is 2.58. The Morgan fingerprint density at radius 3 is 2.46 bits per heavy atom. The van der Waals surface area contributed by atoms with Gasteiger partial charge >= 0.3 is 0 Å². The molecular weight excluding hydrogens is 451 g/mol. The lowest BCUT2D eigenvalue weighted by atomic mass is 9.58. The fourth-order valence-electron chi connectivity index (χ4n) is 7.19. The number of rotatable bonds is 3. The van der Waals surface area contributed by atoms with E-state index < -0.39 is 0 Å². The summed E-state index contributed by atoms with van der Waals surface area (Å²) in [4.78, 5) is 0. The standard InChI is InChI=1S/C27H39I/c1-6-7-8-23-18(3)27(4,5)26-16-24(17(2)13-25(23)26)21-10-9-20-15-22(28)12-11-19(20)14-21/h6-8,13,17,19-22,24,26H,1,9-12,14-16H2,2-5H3/b8-7-/t17-,19?,20+,21?,22?,24?,26?/m1/s1. The first-order valence-corrected chi connectivity index (χ1v) is 12.9. The van der Waals surface area contributed by atoms with Gasteiger partial charge in [-0.3, -0.25) is 0 Å². The molecule has 0 aliphatic heterocycles. The Morgan fingerprint density at radius 2 is 1.71 bits per heavy atom. The molecule has 4 rings (SSSR count). The molecule has 28 heavy (non-hydrogen) atoms. The zero-order valence-electron chi connectivity index (χ0n) is 18.4. The van der Waals surface area contributed by atoms with Crippen LogP contribution in [0.3, 0.4) is 0 Å². The largest absolute Gasteiger partial charge is 0.0991 e. The molecule has 0 aromatic carbocycles. The van der Waals surface area contributed by atoms with Gasteiger partial charge < -0.3 is 0 Å². The molecule has 0 saturated heterocycles. The molecule has 0 aromatic rings. The lowest BCUT2D eigenvalue weighted by Crippen LogP contribution is -2.38. The van der Waals surface area contributed by atoms with Crippen molar-refractivity contribution in [3.63, 3.8) is 0 Å². The molecule has 4 aliphatic carbocycles. The van der Waals surface area contributed by atoms with Crippen LogP contribution in [0.5, 0.6) is 0 Å². The minimum atomic E-state index is 0.293. The van der Waals surface area contributed by atoms with Crippen LogP contribution in [0.4, 0.5) is 0 Å². The molecule has 0 aromatic heterocycles. The zero-order valence-corrected chi connectivity index (χ0v) is 20.5. The number of hydrogen-bond donors (Lipinski definition) is 0. The van der Waals surface area contributed by atoms with Crippen molar-refractivity contribution in [1.82, 2.24) is 0 Å². The smallest absolute Gasteiger partial charge is 0.0112 e. The van der Waals surface area contributed by atoms with Gasteiger partial charge in [0.2, 0.25) is 0 Å². The van der Waals surface area contributed by atoms with Crippen LogP contribution in [0.15, 0.2) is 47.6 Å². The van der Waals surface area contributed by atoms with Crippen molar-refractivity contribution in [3.8, 4) is 0 Å². The van der Waals surface area contributed by atoms with E-state index in [1.807, 2.05) is 6.08 Å². The minimum absolute atomic E-state index is 0.293. The van der Waals surface area contributed by atoms with Crippen molar-refractivity contribution >= 4 is 22.6 Å². The Balaban J connectivity index is 1.54. The van der Waals surface area contributed by atoms with E-state index in [0.717, 1.165) is 33.5 Å². The van der Waals surface area contributed by atoms with Gasteiger partial charge in [0.25, 0.3) is 0 Å². The molecule has 2 fully saturated rings. The summed E-state index contributed by atoms with van der Waals surface area (Å²) in [5.74, 6) is 5.36. The zero-order chi connectivity index (χ0) is 20.1. The number of allylic oxidation sites excluding steroid dienone is 7. The summed E-state index contributed by atoms with van der Waals surface area (Å²) in [5, 5.41) is 0. The first-order chi connectivity index (χ1) is 13.3. The van der Waals surface area contributed by atoms with Crippen molar-refractivity contribution in [2.24, 2.45) is 40.9 Å². The summed E-state index contributed by atoms with van der Waals surface area (Å²) in [6.45, 7) is 13.7. The molecule has 0 nitrogen and oxygen atoms in total. The molecule has 0 bridgehead atoms. The molecule has 1 heteroatoms. The van der Waals surface area contributed by atoms with E-state index in [2.05, 4.69) is 75.1 Å². The van der Waals surface area contributed by atoms with Crippen LogP contribution in [-0.4, -0.2) is 3.92 Å². The summed E-state index contributed by atoms with van der Waals surface area (Å²) in [5.41, 5.74) is 5.02. The maximum absolute atomic E-state index is 3.88. The van der Waals surface area contributed by atoms with E-state index in [-0.39, 0.29) is 0 Å². The van der Waals surface area contributed by atoms with E-state index in [1.54, 1.807) is 11.1 Å². The number of hydrogen-bond acceptors (Lipinski definition) is 0. The van der Waals surface area contributed by atoms with E-state index in [9.17, 15) is 0 Å². The molecule has 154 valence electrons. The summed E-state index contributed by atoms with van der Waals surface area (Å²) in [6.07, 6.45) is 19.4. The van der Waals surface area contributed by atoms with Crippen LogP contribution in [-0.2, 0) is 0 Å². The fraction of sp³-hybridized carbons (Fsp3) is 0.704. The van der Waals surface area contributed by atoms with Gasteiger partial charge in [-0.2, -0.15) is 0 Å². The Kier molecular flexibility index (Phi) is 6.04. The topological polar surface area (TPSA) is 0 Å². The lowest BCUT2D eigenvalue weighted by molar-refractivity contribution is 0.0707. The minimum Gasteiger partial charge on any atom is -0.0991 e. The van der Waals surface area contributed by atoms with Gasteiger partial charge in [0.1, 0.15) is 0 Å². The van der Waals surface area contributed by atoms with Gasteiger partial charge in [0.15, 0.2) is 0 Å². The third-order valence-electron chi connectivity index (χ3n) is 9.15. The molecule has 2 saturated carbocycles. The number of alkyl halides is 1. The van der Waals surface area contributed by atoms with E-state index in [0.29, 0.717) is 11.3 Å². The van der Waals surface area contributed by atoms with Crippen molar-refractivity contribution in [1.29, 1.82) is 0 Å². The molecule has 7 atom stereocenters. The molecule has 0 radical (unpaired) electrons. The quantitative estimate of drug-likeness (QED) is 0.212. The molecule has 4 aliphatic rings. The average molecular weight is 491 g/mol. The molecule has 0 N–H and O–H groups in total. The first-order valence-electron chi connectivity index (χ1n) is 11.7. The number of halogens is 1. The Hall–Kier alpha value is -0.310. The predicted octanol–water partition coefficient (Wildman–Crippen LogP) is 8.30. The highest BCUT2D eigenvalue weighted by atomic mass is 127. The maximum atomic E-state index is 3.88. The molecule has 5 unspecified atom stereocenters. The van der Waals surface area contributed by atoms with Crippen LogP contribution < -0.4 is 0 Å². The third kappa shape index (κ3) is 3.63. The second kappa shape index (κ2) is 8.08. The van der Waals surface area contributed by atoms with Gasteiger partial charge in [0.05, 0.1) is 0 Å². The second-order valence-electron chi connectivity index (χ2n) is 10.8. The third-order valence-corrected chi connectivity index (χ3v) is 10.3. The van der Waals surface area contributed by atoms with Crippen LogP contribution in [0.25, 0.3) is 0 Å². The highest BCUT2D eigenvalue weighted by molar-refractivity contribution is 14.1. The molecule has 0 amide bonds. The fourth-order valence-corrected chi connectivity index (χ4v) is 8.20. The van der Waals surface area contributed by atoms with Crippen molar-refractivity contribution in [2.75, 3.05) is 0 Å². The van der Waals surface area contributed by atoms with Crippen molar-refractivity contribution in [3.05, 3.63) is 47.6 Å². The van der Waals surface area contributed by atoms with Crippen LogP contribution in [0, 0.1) is 40.9 Å². The van der Waals surface area contributed by atoms with Crippen molar-refractivity contribution < 1.29 is 0 Å². The highest BCUT2D eigenvalue weighted by Gasteiger charge is 2.48. The van der Waals surface area contributed by atoms with Gasteiger partial charge in [-0.25, -0.2) is 0 Å². The normalized spacial score (nSPS) is 42.9. The van der Waals surface area contributed by atoms with Crippen molar-refractivity contribution in [2.45, 2.75) is 76.6 Å². The van der Waals surface area contributed by atoms with Gasteiger partial charge in [-0.05, 0) is 104 Å². The Bertz CT molecular complexity index is 706. The lowest BCUT2D eigenvalue weighted by Gasteiger charge is -2.47. The summed E-state index contributed by atoms with van der Waals surface area (Å²) < 4.78 is 0.949. The van der Waals surface area contributed by atoms with E-state index >= 15 is 0 Å². The average Bonchev–Trinajstić information content (AvgIpc) is 2.84. The van der Waals surface area contributed by atoms with E-state index in [1.165, 1.54) is 50.5 Å². The molecular formula is C27H39I. The summed E-state index contributed by atoms with van der Waals surface area (Å²) in [6, 6.07) is 0. The summed E-state index contributed by atoms with van der Waals surface area (Å²) in [7, 11) is 0. The Morgan fingerprint density at radius 1 is 1.04 bits per heavy atom. The molecule has 0 heterocycles. The second-order valence-corrected chi connectivity index (χ2v) is 12.6. The van der Waals surface area contributed by atoms with E-state index in [4.69, 9.17) is 0 Å². The van der Waals surface area contributed by atoms with Crippen LogP contribution in [0.2, 0.25) is 0 Å². The van der Waals surface area contributed by atoms with Gasteiger partial charge in [-0.15, -0.1) is 0 Å². The molecule has 0 spiro atoms. The van der Waals surface area contributed by atoms with Gasteiger partial charge in [0, 0.05) is 3.92 Å². The first kappa shape index (κ1) is 20.9. The van der Waals surface area contributed by atoms with Crippen LogP contribution in [0.1, 0.15) is 72.6 Å². The SMILES string of the molecule is C=C/C=C\C1=C(C)C(C)(C)C2CC(C3CC[C@H]4CC(I)CCC4C3)[C@H](C)C=C12. The monoisotopic (exact) mass is 490 g/mol. The summed E-state index contributed by atoms with van der Waals surface area (Å²) >= 11 is 2.71. The number of fused-ring (bicyclic) bond motifs is 2. The predicted molar refractivity (Wildman–Crippen MR) is 131 cm³/mol. The van der Waals surface area contributed by atoms with Crippen LogP contribution >= 0.6 is 22.6 Å². The Labute approximate surface area is 187 Å². The van der Waals surface area contributed by atoms with Gasteiger partial charge in [-0.1, -0.05) is 79.8 Å². The maximum Gasteiger partial charge on any atom is 0.0112 e.